The molecule has 4 rings (SSSR count). The molecule has 0 amide bonds. The van der Waals surface area contributed by atoms with E-state index in [0.29, 0.717) is 18.9 Å². The number of furan rings is 1. The molecule has 1 aliphatic rings. The van der Waals surface area contributed by atoms with Gasteiger partial charge in [0.15, 0.2) is 0 Å². The molecule has 0 atom stereocenters. The lowest BCUT2D eigenvalue weighted by Crippen LogP contribution is -2.05. The predicted octanol–water partition coefficient (Wildman–Crippen LogP) is 3.79. The Labute approximate surface area is 158 Å². The number of rotatable bonds is 4. The van der Waals surface area contributed by atoms with Crippen molar-refractivity contribution in [1.29, 1.82) is 0 Å². The van der Waals surface area contributed by atoms with E-state index in [9.17, 15) is 4.79 Å². The first kappa shape index (κ1) is 17.5. The summed E-state index contributed by atoms with van der Waals surface area (Å²) in [5, 5.41) is 4.81. The fourth-order valence-corrected chi connectivity index (χ4v) is 3.69. The van der Waals surface area contributed by atoms with Crippen LogP contribution >= 0.6 is 0 Å². The smallest absolute Gasteiger partial charge is 0.374 e. The lowest BCUT2D eigenvalue weighted by atomic mass is 9.94. The quantitative estimate of drug-likeness (QED) is 0.658. The number of esters is 1. The molecule has 140 valence electrons. The number of nitrogens with zero attached hydrogens (tertiary/aromatic N) is 3. The van der Waals surface area contributed by atoms with Crippen LogP contribution in [-0.2, 0) is 24.1 Å². The molecule has 3 aromatic heterocycles. The van der Waals surface area contributed by atoms with Gasteiger partial charge in [-0.25, -0.2) is 4.79 Å². The van der Waals surface area contributed by atoms with Crippen molar-refractivity contribution in [2.45, 2.75) is 47.1 Å². The first-order chi connectivity index (χ1) is 13.0. The van der Waals surface area contributed by atoms with Crippen LogP contribution in [-0.4, -0.2) is 27.3 Å². The van der Waals surface area contributed by atoms with E-state index in [2.05, 4.69) is 17.2 Å². The maximum Gasteiger partial charge on any atom is 0.374 e. The van der Waals surface area contributed by atoms with E-state index in [4.69, 9.17) is 14.3 Å². The molecule has 27 heavy (non-hydrogen) atoms. The molecule has 3 aromatic rings. The van der Waals surface area contributed by atoms with E-state index < -0.39 is 5.97 Å². The molecule has 0 spiro atoms. The van der Waals surface area contributed by atoms with Crippen LogP contribution in [0.1, 0.15) is 51.3 Å². The van der Waals surface area contributed by atoms with Crippen molar-refractivity contribution in [3.63, 3.8) is 0 Å². The minimum Gasteiger partial charge on any atom is -0.460 e. The molecule has 0 saturated carbocycles. The number of fused-ring (bicyclic) bond motifs is 3. The molecular formula is C21H23N3O3. The molecule has 0 radical (unpaired) electrons. The average Bonchev–Trinajstić information content (AvgIpc) is 3.18. The topological polar surface area (TPSA) is 70.2 Å². The molecule has 6 nitrogen and oxygen atoms in total. The van der Waals surface area contributed by atoms with Gasteiger partial charge in [-0.15, -0.1) is 0 Å². The highest BCUT2D eigenvalue weighted by Crippen LogP contribution is 2.38. The van der Waals surface area contributed by atoms with Crippen molar-refractivity contribution in [2.24, 2.45) is 0 Å². The second kappa shape index (κ2) is 6.68. The van der Waals surface area contributed by atoms with E-state index in [1.807, 2.05) is 31.5 Å². The summed E-state index contributed by atoms with van der Waals surface area (Å²) in [7, 11) is 0. The standard InChI is InChI=1S/C21H23N3O3/c1-5-26-21(25)20-13(3)18-17(27-20)9-8-16-11-24(23-19(16)18)10-15-7-6-12(2)22-14(15)4/h6-7,11H,5,8-10H2,1-4H3. The van der Waals surface area contributed by atoms with Gasteiger partial charge in [0.05, 0.1) is 18.8 Å². The van der Waals surface area contributed by atoms with Crippen molar-refractivity contribution in [1.82, 2.24) is 14.8 Å². The molecule has 0 aliphatic heterocycles. The third kappa shape index (κ3) is 3.05. The fourth-order valence-electron chi connectivity index (χ4n) is 3.69. The number of carbonyl (C=O) groups is 1. The summed E-state index contributed by atoms with van der Waals surface area (Å²) in [5.74, 6) is 0.705. The van der Waals surface area contributed by atoms with Gasteiger partial charge < -0.3 is 9.15 Å². The summed E-state index contributed by atoms with van der Waals surface area (Å²) in [4.78, 5) is 16.7. The molecule has 1 aliphatic carbocycles. The highest BCUT2D eigenvalue weighted by Gasteiger charge is 2.30. The number of hydrogen-bond acceptors (Lipinski definition) is 5. The van der Waals surface area contributed by atoms with Crippen molar-refractivity contribution < 1.29 is 13.9 Å². The van der Waals surface area contributed by atoms with E-state index in [-0.39, 0.29) is 0 Å². The summed E-state index contributed by atoms with van der Waals surface area (Å²) >= 11 is 0. The van der Waals surface area contributed by atoms with Crippen LogP contribution < -0.4 is 0 Å². The third-order valence-corrected chi connectivity index (χ3v) is 5.04. The number of carbonyl (C=O) groups excluding carboxylic acids is 1. The summed E-state index contributed by atoms with van der Waals surface area (Å²) < 4.78 is 12.9. The van der Waals surface area contributed by atoms with E-state index >= 15 is 0 Å². The highest BCUT2D eigenvalue weighted by atomic mass is 16.5. The molecule has 0 bridgehead atoms. The first-order valence-electron chi connectivity index (χ1n) is 9.27. The SMILES string of the molecule is CCOC(=O)c1oc2c(c1C)-c1nn(Cc3ccc(C)nc3C)cc1CC2. The monoisotopic (exact) mass is 365 g/mol. The molecule has 6 heteroatoms. The molecule has 0 saturated heterocycles. The zero-order chi connectivity index (χ0) is 19.1. The minimum atomic E-state index is -0.410. The number of aromatic nitrogens is 3. The van der Waals surface area contributed by atoms with Crippen molar-refractivity contribution in [2.75, 3.05) is 6.61 Å². The first-order valence-corrected chi connectivity index (χ1v) is 9.27. The Morgan fingerprint density at radius 2 is 2.07 bits per heavy atom. The molecule has 3 heterocycles. The van der Waals surface area contributed by atoms with Gasteiger partial charge >= 0.3 is 5.97 Å². The minimum absolute atomic E-state index is 0.294. The zero-order valence-corrected chi connectivity index (χ0v) is 16.1. The zero-order valence-electron chi connectivity index (χ0n) is 16.1. The Balaban J connectivity index is 1.70. The number of hydrogen-bond donors (Lipinski definition) is 0. The van der Waals surface area contributed by atoms with Crippen LogP contribution in [0.2, 0.25) is 0 Å². The van der Waals surface area contributed by atoms with Gasteiger partial charge in [-0.1, -0.05) is 6.07 Å². The van der Waals surface area contributed by atoms with Crippen molar-refractivity contribution >= 4 is 5.97 Å². The predicted molar refractivity (Wildman–Crippen MR) is 101 cm³/mol. The highest BCUT2D eigenvalue weighted by molar-refractivity contribution is 5.91. The van der Waals surface area contributed by atoms with Gasteiger partial charge in [0.2, 0.25) is 5.76 Å². The number of pyridine rings is 1. The fraction of sp³-hybridized carbons (Fsp3) is 0.381. The Morgan fingerprint density at radius 3 is 2.81 bits per heavy atom. The van der Waals surface area contributed by atoms with Gasteiger partial charge in [-0.3, -0.25) is 9.67 Å². The van der Waals surface area contributed by atoms with Crippen LogP contribution in [0.4, 0.5) is 0 Å². The second-order valence-corrected chi connectivity index (χ2v) is 6.97. The van der Waals surface area contributed by atoms with Gasteiger partial charge in [0.25, 0.3) is 0 Å². The normalized spacial score (nSPS) is 12.6. The van der Waals surface area contributed by atoms with Crippen molar-refractivity contribution in [3.05, 3.63) is 57.9 Å². The van der Waals surface area contributed by atoms with Gasteiger partial charge in [-0.05, 0) is 51.3 Å². The molecule has 0 unspecified atom stereocenters. The van der Waals surface area contributed by atoms with Crippen LogP contribution in [0, 0.1) is 20.8 Å². The summed E-state index contributed by atoms with van der Waals surface area (Å²) in [5.41, 5.74) is 7.02. The number of aryl methyl sites for hydroxylation is 4. The molecule has 0 aromatic carbocycles. The second-order valence-electron chi connectivity index (χ2n) is 6.97. The summed E-state index contributed by atoms with van der Waals surface area (Å²) in [6, 6.07) is 4.13. The van der Waals surface area contributed by atoms with Crippen LogP contribution in [0.25, 0.3) is 11.3 Å². The Bertz CT molecular complexity index is 1030. The Kier molecular flexibility index (Phi) is 4.34. The van der Waals surface area contributed by atoms with E-state index in [1.165, 1.54) is 5.56 Å². The van der Waals surface area contributed by atoms with Crippen LogP contribution in [0.3, 0.4) is 0 Å². The van der Waals surface area contributed by atoms with Crippen LogP contribution in [0.15, 0.2) is 22.7 Å². The van der Waals surface area contributed by atoms with E-state index in [0.717, 1.165) is 52.4 Å². The van der Waals surface area contributed by atoms with E-state index in [1.54, 1.807) is 6.92 Å². The van der Waals surface area contributed by atoms with Gasteiger partial charge in [-0.2, -0.15) is 5.10 Å². The largest absolute Gasteiger partial charge is 0.460 e. The van der Waals surface area contributed by atoms with Gasteiger partial charge in [0, 0.05) is 35.1 Å². The van der Waals surface area contributed by atoms with Crippen molar-refractivity contribution in [3.8, 4) is 11.3 Å². The van der Waals surface area contributed by atoms with Gasteiger partial charge in [0.1, 0.15) is 5.76 Å². The summed E-state index contributed by atoms with van der Waals surface area (Å²) in [6.45, 7) is 8.70. The van der Waals surface area contributed by atoms with Crippen LogP contribution in [0.5, 0.6) is 0 Å². The maximum absolute atomic E-state index is 12.2. The summed E-state index contributed by atoms with van der Waals surface area (Å²) in [6.07, 6.45) is 3.70. The Morgan fingerprint density at radius 1 is 1.26 bits per heavy atom. The molecular weight excluding hydrogens is 342 g/mol. The molecule has 0 N–H and O–H groups in total. The number of ether oxygens (including phenoxy) is 1. The lowest BCUT2D eigenvalue weighted by Gasteiger charge is -2.09. The average molecular weight is 365 g/mol. The molecule has 0 fully saturated rings. The maximum atomic E-state index is 12.2. The third-order valence-electron chi connectivity index (χ3n) is 5.04. The Hall–Kier alpha value is -2.89. The lowest BCUT2D eigenvalue weighted by molar-refractivity contribution is 0.0487.